The van der Waals surface area contributed by atoms with Gasteiger partial charge < -0.3 is 0 Å². The predicted molar refractivity (Wildman–Crippen MR) is 110 cm³/mol. The van der Waals surface area contributed by atoms with Gasteiger partial charge in [-0.15, -0.1) is 5.10 Å². The van der Waals surface area contributed by atoms with Crippen molar-refractivity contribution in [1.82, 2.24) is 26.0 Å². The number of nitrogens with one attached hydrogen (secondary N) is 3. The largest absolute Gasteiger partial charge is 0.272 e. The van der Waals surface area contributed by atoms with Crippen LogP contribution < -0.4 is 10.9 Å². The van der Waals surface area contributed by atoms with E-state index in [9.17, 15) is 9.59 Å². The Bertz CT molecular complexity index is 974. The normalized spacial score (nSPS) is 10.8. The van der Waals surface area contributed by atoms with Gasteiger partial charge in [0.1, 0.15) is 5.82 Å². The smallest absolute Gasteiger partial charge is 0.269 e. The van der Waals surface area contributed by atoms with E-state index in [-0.39, 0.29) is 11.7 Å². The molecule has 3 N–H and O–H groups in total. The van der Waals surface area contributed by atoms with Gasteiger partial charge in [-0.2, -0.15) is 0 Å². The predicted octanol–water partition coefficient (Wildman–Crippen LogP) is 3.18. The van der Waals surface area contributed by atoms with Crippen molar-refractivity contribution < 1.29 is 9.59 Å². The Morgan fingerprint density at radius 2 is 1.79 bits per heavy atom. The number of nitrogens with zero attached hydrogens (tertiary/aromatic N) is 2. The highest BCUT2D eigenvalue weighted by molar-refractivity contribution is 7.99. The SMILES string of the molecule is O=C(CSc1n[nH]c(C=Cc2ccccc2)n1)NNC(=O)c1ccc(Cl)cc1. The van der Waals surface area contributed by atoms with Crippen LogP contribution in [0, 0.1) is 0 Å². The molecule has 0 spiro atoms. The lowest BCUT2D eigenvalue weighted by molar-refractivity contribution is -0.119. The molecule has 142 valence electrons. The van der Waals surface area contributed by atoms with Crippen molar-refractivity contribution >= 4 is 47.3 Å². The second-order valence-corrected chi connectivity index (χ2v) is 6.92. The molecule has 0 unspecified atom stereocenters. The molecule has 0 saturated carbocycles. The minimum Gasteiger partial charge on any atom is -0.272 e. The number of carbonyl (C=O) groups is 2. The van der Waals surface area contributed by atoms with E-state index in [1.807, 2.05) is 36.4 Å². The number of aromatic amines is 1. The minimum atomic E-state index is -0.429. The molecule has 0 aliphatic heterocycles. The molecular formula is C19H16ClN5O2S. The Morgan fingerprint density at radius 3 is 2.54 bits per heavy atom. The first-order valence-electron chi connectivity index (χ1n) is 8.23. The van der Waals surface area contributed by atoms with Crippen LogP contribution in [-0.4, -0.2) is 32.7 Å². The number of carbonyl (C=O) groups excluding carboxylic acids is 2. The van der Waals surface area contributed by atoms with Crippen LogP contribution in [0.5, 0.6) is 0 Å². The molecular weight excluding hydrogens is 398 g/mol. The van der Waals surface area contributed by atoms with E-state index in [4.69, 9.17) is 11.6 Å². The Labute approximate surface area is 170 Å². The molecule has 0 radical (unpaired) electrons. The van der Waals surface area contributed by atoms with E-state index in [2.05, 4.69) is 26.0 Å². The maximum Gasteiger partial charge on any atom is 0.269 e. The van der Waals surface area contributed by atoms with Gasteiger partial charge in [-0.3, -0.25) is 25.5 Å². The van der Waals surface area contributed by atoms with Crippen molar-refractivity contribution in [1.29, 1.82) is 0 Å². The fourth-order valence-corrected chi connectivity index (χ4v) is 2.83. The highest BCUT2D eigenvalue weighted by Gasteiger charge is 2.09. The highest BCUT2D eigenvalue weighted by atomic mass is 35.5. The summed E-state index contributed by atoms with van der Waals surface area (Å²) in [5.41, 5.74) is 6.13. The van der Waals surface area contributed by atoms with E-state index in [1.54, 1.807) is 30.3 Å². The first-order chi connectivity index (χ1) is 13.6. The van der Waals surface area contributed by atoms with Gasteiger partial charge >= 0.3 is 0 Å². The molecule has 0 fully saturated rings. The minimum absolute atomic E-state index is 0.0561. The highest BCUT2D eigenvalue weighted by Crippen LogP contribution is 2.13. The Balaban J connectivity index is 1.43. The average molecular weight is 414 g/mol. The summed E-state index contributed by atoms with van der Waals surface area (Å²) in [4.78, 5) is 28.1. The first kappa shape index (κ1) is 19.7. The van der Waals surface area contributed by atoms with Gasteiger partial charge in [0.2, 0.25) is 11.1 Å². The van der Waals surface area contributed by atoms with Gasteiger partial charge in [0, 0.05) is 10.6 Å². The summed E-state index contributed by atoms with van der Waals surface area (Å²) < 4.78 is 0. The summed E-state index contributed by atoms with van der Waals surface area (Å²) in [6.07, 6.45) is 3.72. The summed E-state index contributed by atoms with van der Waals surface area (Å²) in [5.74, 6) is -0.164. The summed E-state index contributed by atoms with van der Waals surface area (Å²) in [7, 11) is 0. The molecule has 2 aromatic carbocycles. The molecule has 1 aromatic heterocycles. The van der Waals surface area contributed by atoms with Crippen LogP contribution in [0.25, 0.3) is 12.2 Å². The molecule has 0 bridgehead atoms. The summed E-state index contributed by atoms with van der Waals surface area (Å²) >= 11 is 6.93. The molecule has 3 aromatic rings. The standard InChI is InChI=1S/C19H16ClN5O2S/c20-15-9-7-14(8-10-15)18(27)24-23-17(26)12-28-19-21-16(22-25-19)11-6-13-4-2-1-3-5-13/h1-11H,12H2,(H,23,26)(H,24,27)(H,21,22,25). The topological polar surface area (TPSA) is 99.8 Å². The van der Waals surface area contributed by atoms with Crippen molar-refractivity contribution in [2.24, 2.45) is 0 Å². The van der Waals surface area contributed by atoms with E-state index in [1.165, 1.54) is 0 Å². The first-order valence-corrected chi connectivity index (χ1v) is 9.59. The van der Waals surface area contributed by atoms with Crippen molar-refractivity contribution in [3.63, 3.8) is 0 Å². The zero-order chi connectivity index (χ0) is 19.8. The molecule has 0 aliphatic rings. The molecule has 1 heterocycles. The van der Waals surface area contributed by atoms with Crippen molar-refractivity contribution in [3.05, 3.63) is 76.6 Å². The zero-order valence-electron chi connectivity index (χ0n) is 14.6. The van der Waals surface area contributed by atoms with E-state index < -0.39 is 5.91 Å². The second-order valence-electron chi connectivity index (χ2n) is 5.55. The Kier molecular flexibility index (Phi) is 6.83. The molecule has 0 aliphatic carbocycles. The quantitative estimate of drug-likeness (QED) is 0.425. The van der Waals surface area contributed by atoms with Crippen LogP contribution in [-0.2, 0) is 4.79 Å². The summed E-state index contributed by atoms with van der Waals surface area (Å²) in [5, 5.41) is 7.81. The van der Waals surface area contributed by atoms with Crippen molar-refractivity contribution in [2.75, 3.05) is 5.75 Å². The third-order valence-corrected chi connectivity index (χ3v) is 4.57. The van der Waals surface area contributed by atoms with Gasteiger partial charge in [0.15, 0.2) is 0 Å². The summed E-state index contributed by atoms with van der Waals surface area (Å²) in [6, 6.07) is 16.1. The van der Waals surface area contributed by atoms with Crippen LogP contribution in [0.4, 0.5) is 0 Å². The van der Waals surface area contributed by atoms with Crippen LogP contribution >= 0.6 is 23.4 Å². The van der Waals surface area contributed by atoms with Crippen molar-refractivity contribution in [3.8, 4) is 0 Å². The number of hydrogen-bond acceptors (Lipinski definition) is 5. The molecule has 28 heavy (non-hydrogen) atoms. The van der Waals surface area contributed by atoms with E-state index in [0.717, 1.165) is 17.3 Å². The van der Waals surface area contributed by atoms with Gasteiger partial charge in [0.05, 0.1) is 5.75 Å². The third kappa shape index (κ3) is 5.97. The number of aromatic nitrogens is 3. The van der Waals surface area contributed by atoms with Gasteiger partial charge in [0.25, 0.3) is 5.91 Å². The number of thioether (sulfide) groups is 1. The molecule has 0 saturated heterocycles. The fraction of sp³-hybridized carbons (Fsp3) is 0.0526. The van der Waals surface area contributed by atoms with E-state index in [0.29, 0.717) is 21.6 Å². The average Bonchev–Trinajstić information content (AvgIpc) is 3.18. The number of hydrazine groups is 1. The van der Waals surface area contributed by atoms with Gasteiger partial charge in [-0.1, -0.05) is 59.8 Å². The van der Waals surface area contributed by atoms with E-state index >= 15 is 0 Å². The van der Waals surface area contributed by atoms with Gasteiger partial charge in [-0.25, -0.2) is 4.98 Å². The molecule has 0 atom stereocenters. The monoisotopic (exact) mass is 413 g/mol. The maximum absolute atomic E-state index is 11.9. The van der Waals surface area contributed by atoms with Crippen molar-refractivity contribution in [2.45, 2.75) is 5.16 Å². The number of hydrogen-bond donors (Lipinski definition) is 3. The maximum atomic E-state index is 11.9. The molecule has 7 nitrogen and oxygen atoms in total. The van der Waals surface area contributed by atoms with Crippen LogP contribution in [0.1, 0.15) is 21.7 Å². The number of amides is 2. The zero-order valence-corrected chi connectivity index (χ0v) is 16.1. The Hall–Kier alpha value is -3.10. The van der Waals surface area contributed by atoms with Crippen LogP contribution in [0.3, 0.4) is 0 Å². The Morgan fingerprint density at radius 1 is 1.04 bits per heavy atom. The lowest BCUT2D eigenvalue weighted by Crippen LogP contribution is -2.42. The third-order valence-electron chi connectivity index (χ3n) is 3.47. The number of rotatable bonds is 6. The second kappa shape index (κ2) is 9.72. The summed E-state index contributed by atoms with van der Waals surface area (Å²) in [6.45, 7) is 0. The number of benzene rings is 2. The van der Waals surface area contributed by atoms with Crippen LogP contribution in [0.2, 0.25) is 5.02 Å². The fourth-order valence-electron chi connectivity index (χ4n) is 2.10. The van der Waals surface area contributed by atoms with Crippen LogP contribution in [0.15, 0.2) is 59.8 Å². The number of halogens is 1. The molecule has 9 heteroatoms. The van der Waals surface area contributed by atoms with Gasteiger partial charge in [-0.05, 0) is 35.9 Å². The lowest BCUT2D eigenvalue weighted by atomic mass is 10.2. The molecule has 3 rings (SSSR count). The molecule has 2 amide bonds. The lowest BCUT2D eigenvalue weighted by Gasteiger charge is -2.06. The number of H-pyrrole nitrogens is 1.